The summed E-state index contributed by atoms with van der Waals surface area (Å²) in [5.41, 5.74) is -0.643. The predicted octanol–water partition coefficient (Wildman–Crippen LogP) is 1.27. The molecule has 1 aromatic rings. The number of carbonyl (C=O) groups is 2. The Balaban J connectivity index is 2.11. The number of amides is 1. The van der Waals surface area contributed by atoms with Crippen LogP contribution in [0.5, 0.6) is 0 Å². The second-order valence-electron chi connectivity index (χ2n) is 3.93. The molecule has 1 heterocycles. The topological polar surface area (TPSA) is 79.3 Å². The summed E-state index contributed by atoms with van der Waals surface area (Å²) in [4.78, 5) is 26.7. The van der Waals surface area contributed by atoms with Crippen molar-refractivity contribution in [2.75, 3.05) is 5.32 Å². The second-order valence-corrected chi connectivity index (χ2v) is 3.93. The van der Waals surface area contributed by atoms with Crippen LogP contribution in [0.25, 0.3) is 0 Å². The van der Waals surface area contributed by atoms with Crippen LogP contribution in [0.1, 0.15) is 19.3 Å². The maximum Gasteiger partial charge on any atom is 0.319 e. The van der Waals surface area contributed by atoms with E-state index in [4.69, 9.17) is 5.11 Å². The van der Waals surface area contributed by atoms with Gasteiger partial charge in [-0.25, -0.2) is 0 Å². The van der Waals surface area contributed by atoms with Crippen LogP contribution in [-0.2, 0) is 9.59 Å². The molecule has 0 saturated heterocycles. The molecule has 1 amide bonds. The van der Waals surface area contributed by atoms with Crippen molar-refractivity contribution in [3.63, 3.8) is 0 Å². The summed E-state index contributed by atoms with van der Waals surface area (Å²) in [5, 5.41) is 11.7. The van der Waals surface area contributed by atoms with Crippen LogP contribution in [0.3, 0.4) is 0 Å². The van der Waals surface area contributed by atoms with Gasteiger partial charge in [-0.05, 0) is 25.0 Å². The van der Waals surface area contributed by atoms with Crippen molar-refractivity contribution in [2.24, 2.45) is 5.41 Å². The molecule has 2 N–H and O–H groups in total. The summed E-state index contributed by atoms with van der Waals surface area (Å²) in [6, 6.07) is 3.26. The third-order valence-corrected chi connectivity index (χ3v) is 2.99. The molecule has 0 aliphatic heterocycles. The van der Waals surface area contributed by atoms with E-state index in [1.165, 1.54) is 0 Å². The van der Waals surface area contributed by atoms with Gasteiger partial charge in [-0.15, -0.1) is 0 Å². The Hall–Kier alpha value is -1.91. The van der Waals surface area contributed by atoms with Gasteiger partial charge < -0.3 is 10.4 Å². The predicted molar refractivity (Wildman–Crippen MR) is 56.8 cm³/mol. The van der Waals surface area contributed by atoms with E-state index >= 15 is 0 Å². The lowest BCUT2D eigenvalue weighted by Crippen LogP contribution is -2.48. The standard InChI is InChI=1S/C11H12N2O3/c14-9(11(10(15)16)4-1-5-11)13-8-2-6-12-7-3-8/h2-3,6-7H,1,4-5H2,(H,15,16)(H,12,13,14). The lowest BCUT2D eigenvalue weighted by atomic mass is 9.68. The van der Waals surface area contributed by atoms with Crippen molar-refractivity contribution < 1.29 is 14.7 Å². The quantitative estimate of drug-likeness (QED) is 0.752. The molecule has 1 saturated carbocycles. The van der Waals surface area contributed by atoms with Crippen LogP contribution in [0.4, 0.5) is 5.69 Å². The number of hydrogen-bond donors (Lipinski definition) is 2. The number of aromatic nitrogens is 1. The van der Waals surface area contributed by atoms with Gasteiger partial charge in [0.25, 0.3) is 0 Å². The van der Waals surface area contributed by atoms with Crippen LogP contribution >= 0.6 is 0 Å². The highest BCUT2D eigenvalue weighted by Crippen LogP contribution is 2.42. The molecule has 0 spiro atoms. The Bertz CT molecular complexity index is 412. The Labute approximate surface area is 92.5 Å². The molecule has 0 unspecified atom stereocenters. The SMILES string of the molecule is O=C(O)C1(C(=O)Nc2ccncc2)CCC1. The third kappa shape index (κ3) is 1.64. The normalized spacial score (nSPS) is 17.2. The maximum atomic E-state index is 11.8. The summed E-state index contributed by atoms with van der Waals surface area (Å²) in [6.07, 6.45) is 4.71. The summed E-state index contributed by atoms with van der Waals surface area (Å²) in [7, 11) is 0. The van der Waals surface area contributed by atoms with E-state index in [1.54, 1.807) is 24.5 Å². The molecular formula is C11H12N2O3. The Morgan fingerprint density at radius 3 is 2.38 bits per heavy atom. The number of aliphatic carboxylic acids is 1. The molecule has 0 atom stereocenters. The highest BCUT2D eigenvalue weighted by molar-refractivity contribution is 6.09. The van der Waals surface area contributed by atoms with Crippen LogP contribution in [0.2, 0.25) is 0 Å². The van der Waals surface area contributed by atoms with Crippen molar-refractivity contribution in [1.29, 1.82) is 0 Å². The number of nitrogens with zero attached hydrogens (tertiary/aromatic N) is 1. The highest BCUT2D eigenvalue weighted by Gasteiger charge is 2.51. The fraction of sp³-hybridized carbons (Fsp3) is 0.364. The molecule has 1 fully saturated rings. The van der Waals surface area contributed by atoms with Crippen LogP contribution in [0, 0.1) is 5.41 Å². The minimum absolute atomic E-state index is 0.416. The molecule has 1 aromatic heterocycles. The molecule has 16 heavy (non-hydrogen) atoms. The van der Waals surface area contributed by atoms with Gasteiger partial charge in [0.15, 0.2) is 0 Å². The molecule has 5 nitrogen and oxygen atoms in total. The molecule has 2 rings (SSSR count). The second kappa shape index (κ2) is 3.92. The first-order valence-corrected chi connectivity index (χ1v) is 5.10. The van der Waals surface area contributed by atoms with Gasteiger partial charge in [0.05, 0.1) is 0 Å². The third-order valence-electron chi connectivity index (χ3n) is 2.99. The largest absolute Gasteiger partial charge is 0.480 e. The van der Waals surface area contributed by atoms with Gasteiger partial charge in [0.1, 0.15) is 5.41 Å². The molecule has 1 aliphatic rings. The Morgan fingerprint density at radius 1 is 1.31 bits per heavy atom. The number of rotatable bonds is 3. The number of carboxylic acid groups (broad SMARTS) is 1. The number of carboxylic acids is 1. The summed E-state index contributed by atoms with van der Waals surface area (Å²) in [6.45, 7) is 0. The molecule has 0 bridgehead atoms. The number of anilines is 1. The van der Waals surface area contributed by atoms with Crippen LogP contribution in [-0.4, -0.2) is 22.0 Å². The molecule has 84 valence electrons. The lowest BCUT2D eigenvalue weighted by molar-refractivity contribution is -0.159. The van der Waals surface area contributed by atoms with Gasteiger partial charge >= 0.3 is 5.97 Å². The fourth-order valence-electron chi connectivity index (χ4n) is 1.75. The summed E-state index contributed by atoms with van der Waals surface area (Å²) in [5.74, 6) is -1.47. The van der Waals surface area contributed by atoms with Gasteiger partial charge in [-0.2, -0.15) is 0 Å². The van der Waals surface area contributed by atoms with Crippen molar-refractivity contribution in [1.82, 2.24) is 4.98 Å². The first-order valence-electron chi connectivity index (χ1n) is 5.10. The van der Waals surface area contributed by atoms with E-state index in [0.717, 1.165) is 6.42 Å². The minimum Gasteiger partial charge on any atom is -0.480 e. The number of pyridine rings is 1. The number of hydrogen-bond acceptors (Lipinski definition) is 3. The van der Waals surface area contributed by atoms with Crippen molar-refractivity contribution in [2.45, 2.75) is 19.3 Å². The molecule has 0 aromatic carbocycles. The fourth-order valence-corrected chi connectivity index (χ4v) is 1.75. The number of nitrogens with one attached hydrogen (secondary N) is 1. The average molecular weight is 220 g/mol. The van der Waals surface area contributed by atoms with Crippen molar-refractivity contribution >= 4 is 17.6 Å². The molecular weight excluding hydrogens is 208 g/mol. The summed E-state index contributed by atoms with van der Waals surface area (Å²) < 4.78 is 0. The first kappa shape index (κ1) is 10.6. The monoisotopic (exact) mass is 220 g/mol. The van der Waals surface area contributed by atoms with Gasteiger partial charge in [0, 0.05) is 18.1 Å². The van der Waals surface area contributed by atoms with E-state index < -0.39 is 17.3 Å². The van der Waals surface area contributed by atoms with E-state index in [2.05, 4.69) is 10.3 Å². The summed E-state index contributed by atoms with van der Waals surface area (Å²) >= 11 is 0. The highest BCUT2D eigenvalue weighted by atomic mass is 16.4. The maximum absolute atomic E-state index is 11.8. The zero-order chi connectivity index (χ0) is 11.6. The zero-order valence-electron chi connectivity index (χ0n) is 8.64. The van der Waals surface area contributed by atoms with Gasteiger partial charge in [0.2, 0.25) is 5.91 Å². The van der Waals surface area contributed by atoms with Crippen LogP contribution < -0.4 is 5.32 Å². The van der Waals surface area contributed by atoms with Gasteiger partial charge in [-0.1, -0.05) is 6.42 Å². The molecule has 5 heteroatoms. The van der Waals surface area contributed by atoms with E-state index in [1.807, 2.05) is 0 Å². The van der Waals surface area contributed by atoms with Crippen molar-refractivity contribution in [3.05, 3.63) is 24.5 Å². The Kier molecular flexibility index (Phi) is 2.60. The molecule has 1 aliphatic carbocycles. The average Bonchev–Trinajstić information content (AvgIpc) is 2.16. The first-order chi connectivity index (χ1) is 7.65. The smallest absolute Gasteiger partial charge is 0.319 e. The van der Waals surface area contributed by atoms with Crippen molar-refractivity contribution in [3.8, 4) is 0 Å². The van der Waals surface area contributed by atoms with E-state index in [0.29, 0.717) is 18.5 Å². The minimum atomic E-state index is -1.22. The number of carbonyl (C=O) groups excluding carboxylic acids is 1. The Morgan fingerprint density at radius 2 is 1.94 bits per heavy atom. The lowest BCUT2D eigenvalue weighted by Gasteiger charge is -2.35. The van der Waals surface area contributed by atoms with E-state index in [9.17, 15) is 9.59 Å². The van der Waals surface area contributed by atoms with Gasteiger partial charge in [-0.3, -0.25) is 14.6 Å². The van der Waals surface area contributed by atoms with E-state index in [-0.39, 0.29) is 0 Å². The van der Waals surface area contributed by atoms with Crippen LogP contribution in [0.15, 0.2) is 24.5 Å². The zero-order valence-corrected chi connectivity index (χ0v) is 8.64. The molecule has 0 radical (unpaired) electrons.